The molecule has 0 bridgehead atoms. The summed E-state index contributed by atoms with van der Waals surface area (Å²) >= 11 is 0. The number of rotatable bonds is 3. The second-order valence-electron chi connectivity index (χ2n) is 6.06. The van der Waals surface area contributed by atoms with Gasteiger partial charge >= 0.3 is 0 Å². The summed E-state index contributed by atoms with van der Waals surface area (Å²) in [7, 11) is 2.01. The first-order chi connectivity index (χ1) is 11.1. The number of carbonyl (C=O) groups excluding carboxylic acids is 1. The van der Waals surface area contributed by atoms with Crippen LogP contribution in [0.15, 0.2) is 18.6 Å². The Kier molecular flexibility index (Phi) is 4.15. The highest BCUT2D eigenvalue weighted by atomic mass is 16.2. The zero-order valence-electron chi connectivity index (χ0n) is 13.4. The van der Waals surface area contributed by atoms with E-state index in [1.807, 2.05) is 25.4 Å². The van der Waals surface area contributed by atoms with Gasteiger partial charge in [0, 0.05) is 26.3 Å². The Morgan fingerprint density at radius 2 is 2.39 bits per heavy atom. The molecule has 0 aliphatic carbocycles. The standard InChI is InChI=1S/C16H20N6O/c1-11-5-8-22(14(23)3-6-17)9-13(11)21(2)16-12-4-7-18-15(12)19-10-20-16/h4,7,10-11,13H,3,5,8-9H2,1-2H3,(H,18,19,20)/t11-,13+/m1/s1/i3+1,6+1,14+1. The molecular formula is C16H20N6O. The Morgan fingerprint density at radius 3 is 3.17 bits per heavy atom. The number of nitriles is 1. The Bertz CT molecular complexity index is 748. The number of nitrogens with zero attached hydrogens (tertiary/aromatic N) is 5. The largest absolute Gasteiger partial charge is 0.354 e. The first kappa shape index (κ1) is 15.3. The van der Waals surface area contributed by atoms with E-state index in [1.54, 1.807) is 11.2 Å². The molecule has 0 aromatic carbocycles. The third-order valence-corrected chi connectivity index (χ3v) is 4.67. The number of piperidine rings is 1. The molecule has 7 heteroatoms. The van der Waals surface area contributed by atoms with Gasteiger partial charge in [0.05, 0.1) is 17.5 Å². The number of hydrogen-bond donors (Lipinski definition) is 1. The minimum atomic E-state index is -0.0905. The van der Waals surface area contributed by atoms with E-state index in [1.165, 1.54) is 0 Å². The molecule has 1 N–H and O–H groups in total. The van der Waals surface area contributed by atoms with Crippen LogP contribution in [0.3, 0.4) is 0 Å². The molecule has 2 atom stereocenters. The van der Waals surface area contributed by atoms with E-state index in [4.69, 9.17) is 5.26 Å². The highest BCUT2D eigenvalue weighted by molar-refractivity contribution is 5.87. The molecule has 2 aromatic heterocycles. The van der Waals surface area contributed by atoms with Gasteiger partial charge in [-0.1, -0.05) is 6.92 Å². The Hall–Kier alpha value is -2.62. The van der Waals surface area contributed by atoms with Crippen molar-refractivity contribution in [2.24, 2.45) is 5.92 Å². The lowest BCUT2D eigenvalue weighted by Crippen LogP contribution is -2.52. The maximum absolute atomic E-state index is 12.0. The zero-order chi connectivity index (χ0) is 16.4. The summed E-state index contributed by atoms with van der Waals surface area (Å²) < 4.78 is 0. The van der Waals surface area contributed by atoms with Gasteiger partial charge in [0.25, 0.3) is 0 Å². The number of aromatic amines is 1. The van der Waals surface area contributed by atoms with Crippen molar-refractivity contribution in [1.29, 1.82) is 5.26 Å². The average Bonchev–Trinajstić information content (AvgIpc) is 3.03. The predicted octanol–water partition coefficient (Wildman–Crippen LogP) is 1.54. The number of amides is 1. The molecule has 1 aliphatic rings. The second kappa shape index (κ2) is 6.24. The van der Waals surface area contributed by atoms with E-state index in [-0.39, 0.29) is 18.4 Å². The maximum atomic E-state index is 12.0. The molecule has 0 radical (unpaired) electrons. The second-order valence-corrected chi connectivity index (χ2v) is 6.06. The van der Waals surface area contributed by atoms with Crippen molar-refractivity contribution < 1.29 is 4.79 Å². The van der Waals surface area contributed by atoms with Gasteiger partial charge in [-0.05, 0) is 18.4 Å². The third kappa shape index (κ3) is 2.84. The van der Waals surface area contributed by atoms with E-state index in [0.717, 1.165) is 29.8 Å². The van der Waals surface area contributed by atoms with Crippen LogP contribution in [-0.2, 0) is 4.79 Å². The van der Waals surface area contributed by atoms with Crippen LogP contribution in [0.1, 0.15) is 19.8 Å². The quantitative estimate of drug-likeness (QED) is 0.868. The smallest absolute Gasteiger partial charge is 0.236 e. The van der Waals surface area contributed by atoms with E-state index in [9.17, 15) is 4.79 Å². The molecule has 3 heterocycles. The molecule has 7 nitrogen and oxygen atoms in total. The molecule has 0 spiro atoms. The highest BCUT2D eigenvalue weighted by Gasteiger charge is 2.32. The topological polar surface area (TPSA) is 88.9 Å². The summed E-state index contributed by atoms with van der Waals surface area (Å²) in [5.41, 5.74) is 0.808. The van der Waals surface area contributed by atoms with Gasteiger partial charge in [-0.2, -0.15) is 5.26 Å². The number of likely N-dealkylation sites (N-methyl/N-ethyl adjacent to an activating group) is 1. The average molecular weight is 315 g/mol. The van der Waals surface area contributed by atoms with Crippen molar-refractivity contribution in [3.8, 4) is 6.07 Å². The lowest BCUT2D eigenvalue weighted by Gasteiger charge is -2.42. The van der Waals surface area contributed by atoms with Gasteiger partial charge in [0.15, 0.2) is 0 Å². The Balaban J connectivity index is 1.85. The molecule has 1 aliphatic heterocycles. The van der Waals surface area contributed by atoms with Crippen molar-refractivity contribution in [3.05, 3.63) is 18.6 Å². The lowest BCUT2D eigenvalue weighted by atomic mass is 9.93. The number of H-pyrrole nitrogens is 1. The fourth-order valence-electron chi connectivity index (χ4n) is 3.26. The molecule has 23 heavy (non-hydrogen) atoms. The Labute approximate surface area is 134 Å². The van der Waals surface area contributed by atoms with Gasteiger partial charge in [0.2, 0.25) is 5.91 Å². The molecule has 0 unspecified atom stereocenters. The van der Waals surface area contributed by atoms with Crippen LogP contribution in [0.4, 0.5) is 5.82 Å². The number of anilines is 1. The predicted molar refractivity (Wildman–Crippen MR) is 86.7 cm³/mol. The normalized spacial score (nSPS) is 21.2. The van der Waals surface area contributed by atoms with Crippen molar-refractivity contribution in [2.75, 3.05) is 25.0 Å². The molecule has 1 fully saturated rings. The molecule has 3 rings (SSSR count). The number of hydrogen-bond acceptors (Lipinski definition) is 5. The monoisotopic (exact) mass is 315 g/mol. The molecule has 0 saturated carbocycles. The molecule has 120 valence electrons. The number of carbonyl (C=O) groups is 1. The summed E-state index contributed by atoms with van der Waals surface area (Å²) in [6, 6.07) is 4.07. The SMILES string of the molecule is C[C@@H]1CCN([13C](=O)[13CH2][13C]#N)C[C@@H]1N(C)c1ncnc2[nH]ccc12. The van der Waals surface area contributed by atoms with Gasteiger partial charge in [-0.3, -0.25) is 4.79 Å². The van der Waals surface area contributed by atoms with E-state index in [2.05, 4.69) is 26.8 Å². The van der Waals surface area contributed by atoms with Crippen molar-refractivity contribution in [2.45, 2.75) is 25.8 Å². The fourth-order valence-corrected chi connectivity index (χ4v) is 3.26. The van der Waals surface area contributed by atoms with Gasteiger partial charge in [-0.15, -0.1) is 0 Å². The summed E-state index contributed by atoms with van der Waals surface area (Å²) in [5, 5.41) is 9.71. The first-order valence-electron chi connectivity index (χ1n) is 7.77. The first-order valence-corrected chi connectivity index (χ1v) is 7.77. The van der Waals surface area contributed by atoms with Gasteiger partial charge in [-0.25, -0.2) is 9.97 Å². The van der Waals surface area contributed by atoms with Crippen LogP contribution in [0, 0.1) is 17.2 Å². The Morgan fingerprint density at radius 1 is 1.57 bits per heavy atom. The minimum Gasteiger partial charge on any atom is -0.354 e. The van der Waals surface area contributed by atoms with Crippen molar-refractivity contribution >= 4 is 22.8 Å². The number of aromatic nitrogens is 3. The summed E-state index contributed by atoms with van der Waals surface area (Å²) in [5.74, 6) is 1.21. The van der Waals surface area contributed by atoms with Gasteiger partial charge < -0.3 is 14.8 Å². The van der Waals surface area contributed by atoms with Crippen LogP contribution in [0.2, 0.25) is 0 Å². The van der Waals surface area contributed by atoms with E-state index in [0.29, 0.717) is 12.5 Å². The van der Waals surface area contributed by atoms with Crippen LogP contribution in [-0.4, -0.2) is 51.9 Å². The number of nitrogens with one attached hydrogen (secondary N) is 1. The van der Waals surface area contributed by atoms with E-state index >= 15 is 0 Å². The number of likely N-dealkylation sites (tertiary alicyclic amines) is 1. The summed E-state index contributed by atoms with van der Waals surface area (Å²) in [6.45, 7) is 3.53. The third-order valence-electron chi connectivity index (χ3n) is 4.67. The molecular weight excluding hydrogens is 295 g/mol. The summed E-state index contributed by atoms with van der Waals surface area (Å²) in [4.78, 5) is 27.7. The molecule has 1 saturated heterocycles. The van der Waals surface area contributed by atoms with Crippen LogP contribution in [0.5, 0.6) is 0 Å². The van der Waals surface area contributed by atoms with Crippen LogP contribution >= 0.6 is 0 Å². The van der Waals surface area contributed by atoms with E-state index < -0.39 is 0 Å². The molecule has 2 aromatic rings. The highest BCUT2D eigenvalue weighted by Crippen LogP contribution is 2.28. The van der Waals surface area contributed by atoms with Crippen molar-refractivity contribution in [3.63, 3.8) is 0 Å². The minimum absolute atomic E-state index is 0.0552. The molecule has 1 amide bonds. The maximum Gasteiger partial charge on any atom is 0.236 e. The lowest BCUT2D eigenvalue weighted by molar-refractivity contribution is -0.131. The number of fused-ring (bicyclic) bond motifs is 1. The van der Waals surface area contributed by atoms with Crippen LogP contribution < -0.4 is 4.90 Å². The fraction of sp³-hybridized carbons (Fsp3) is 0.500. The van der Waals surface area contributed by atoms with Crippen LogP contribution in [0.25, 0.3) is 11.0 Å². The van der Waals surface area contributed by atoms with Crippen molar-refractivity contribution in [1.82, 2.24) is 19.9 Å². The summed E-state index contributed by atoms with van der Waals surface area (Å²) in [6.07, 6.45) is 4.27. The zero-order valence-corrected chi connectivity index (χ0v) is 13.4. The van der Waals surface area contributed by atoms with Gasteiger partial charge in [0.1, 0.15) is 24.2 Å².